The van der Waals surface area contributed by atoms with E-state index in [1.54, 1.807) is 38.2 Å². The van der Waals surface area contributed by atoms with Crippen molar-refractivity contribution in [3.05, 3.63) is 114 Å². The Morgan fingerprint density at radius 2 is 1.33 bits per heavy atom. The zero-order valence-electron chi connectivity index (χ0n) is 43.7. The maximum atomic E-state index is 14.6. The summed E-state index contributed by atoms with van der Waals surface area (Å²) in [6.45, 7) is 4.56. The summed E-state index contributed by atoms with van der Waals surface area (Å²) >= 11 is 0. The number of nitrogens with one attached hydrogen (secondary N) is 11. The second-order valence-electron chi connectivity index (χ2n) is 19.3. The molecule has 26 heteroatoms. The highest BCUT2D eigenvalue weighted by atomic mass is 16.4. The molecule has 9 amide bonds. The van der Waals surface area contributed by atoms with E-state index in [2.05, 4.69) is 67.5 Å². The van der Waals surface area contributed by atoms with Crippen molar-refractivity contribution < 1.29 is 58.2 Å². The maximum Gasteiger partial charge on any atom is 0.303 e. The molecule has 0 aliphatic carbocycles. The Morgan fingerprint density at radius 3 is 1.92 bits per heavy atom. The lowest BCUT2D eigenvalue weighted by molar-refractivity contribution is -0.139. The molecule has 1 aliphatic rings. The predicted molar refractivity (Wildman–Crippen MR) is 283 cm³/mol. The van der Waals surface area contributed by atoms with Gasteiger partial charge in [0.2, 0.25) is 53.2 Å². The number of carboxylic acids is 1. The Balaban J connectivity index is 1.41. The number of H-pyrrole nitrogens is 3. The first kappa shape index (κ1) is 58.9. The largest absolute Gasteiger partial charge is 0.508 e. The minimum Gasteiger partial charge on any atom is -0.508 e. The molecule has 0 radical (unpaired) electrons. The Hall–Kier alpha value is -9.36. The predicted octanol–water partition coefficient (Wildman–Crippen LogP) is -0.765. The van der Waals surface area contributed by atoms with E-state index in [9.17, 15) is 58.2 Å². The molecule has 1 aliphatic heterocycles. The number of fused-ring (bicyclic) bond motifs is 1. The molecule has 15 N–H and O–H groups in total. The van der Waals surface area contributed by atoms with Crippen molar-refractivity contribution in [2.45, 2.75) is 127 Å². The number of carbonyl (C=O) groups excluding carboxylic acids is 9. The van der Waals surface area contributed by atoms with Gasteiger partial charge in [-0.25, -0.2) is 9.97 Å². The van der Waals surface area contributed by atoms with Gasteiger partial charge >= 0.3 is 5.97 Å². The molecule has 79 heavy (non-hydrogen) atoms. The highest BCUT2D eigenvalue weighted by Crippen LogP contribution is 2.20. The summed E-state index contributed by atoms with van der Waals surface area (Å²) in [6, 6.07) is 1.48. The van der Waals surface area contributed by atoms with Crippen molar-refractivity contribution in [3.63, 3.8) is 0 Å². The molecular weight excluding hydrogens is 1020 g/mol. The van der Waals surface area contributed by atoms with Crippen molar-refractivity contribution in [1.29, 1.82) is 0 Å². The average Bonchev–Trinajstić information content (AvgIpc) is 4.23. The van der Waals surface area contributed by atoms with Gasteiger partial charge in [-0.2, -0.15) is 0 Å². The first-order valence-electron chi connectivity index (χ1n) is 25.6. The summed E-state index contributed by atoms with van der Waals surface area (Å²) in [5, 5.41) is 41.4. The first-order chi connectivity index (χ1) is 37.8. The fourth-order valence-corrected chi connectivity index (χ4v) is 8.76. The van der Waals surface area contributed by atoms with Gasteiger partial charge in [0.1, 0.15) is 54.1 Å². The Morgan fingerprint density at radius 1 is 0.722 bits per heavy atom. The van der Waals surface area contributed by atoms with Crippen LogP contribution in [0.15, 0.2) is 91.9 Å². The number of aliphatic carboxylic acids is 1. The van der Waals surface area contributed by atoms with Crippen LogP contribution in [0.4, 0.5) is 0 Å². The van der Waals surface area contributed by atoms with Crippen LogP contribution in [0.2, 0.25) is 0 Å². The summed E-state index contributed by atoms with van der Waals surface area (Å²) in [4.78, 5) is 155. The lowest BCUT2D eigenvalue weighted by atomic mass is 9.96. The highest BCUT2D eigenvalue weighted by Gasteiger charge is 2.37. The van der Waals surface area contributed by atoms with Gasteiger partial charge in [-0.15, -0.1) is 0 Å². The number of carbonyl (C=O) groups is 10. The van der Waals surface area contributed by atoms with Crippen LogP contribution >= 0.6 is 0 Å². The number of primary amides is 1. The van der Waals surface area contributed by atoms with Crippen LogP contribution < -0.4 is 48.3 Å². The van der Waals surface area contributed by atoms with E-state index in [0.717, 1.165) is 10.9 Å². The van der Waals surface area contributed by atoms with Crippen LogP contribution in [0.25, 0.3) is 10.9 Å². The number of amides is 9. The summed E-state index contributed by atoms with van der Waals surface area (Å²) < 4.78 is 0. The van der Waals surface area contributed by atoms with Crippen LogP contribution in [0.3, 0.4) is 0 Å². The third kappa shape index (κ3) is 17.3. The maximum absolute atomic E-state index is 14.6. The van der Waals surface area contributed by atoms with E-state index in [0.29, 0.717) is 22.5 Å². The smallest absolute Gasteiger partial charge is 0.303 e. The van der Waals surface area contributed by atoms with Crippen LogP contribution in [-0.4, -0.2) is 143 Å². The van der Waals surface area contributed by atoms with Crippen LogP contribution in [-0.2, 0) is 73.6 Å². The van der Waals surface area contributed by atoms with Crippen LogP contribution in [0.5, 0.6) is 5.75 Å². The van der Waals surface area contributed by atoms with Gasteiger partial charge in [-0.05, 0) is 54.5 Å². The molecule has 9 atom stereocenters. The summed E-state index contributed by atoms with van der Waals surface area (Å²) in [6.07, 6.45) is 7.87. The van der Waals surface area contributed by atoms with Gasteiger partial charge < -0.3 is 73.4 Å². The number of hydrogen-bond donors (Lipinski definition) is 14. The minimum atomic E-state index is -1.62. The van der Waals surface area contributed by atoms with Crippen molar-refractivity contribution >= 4 is 70.0 Å². The van der Waals surface area contributed by atoms with E-state index < -0.39 is 126 Å². The molecule has 6 rings (SSSR count). The van der Waals surface area contributed by atoms with E-state index in [-0.39, 0.29) is 50.7 Å². The molecule has 420 valence electrons. The lowest BCUT2D eigenvalue weighted by Gasteiger charge is -2.29. The Labute approximate surface area is 453 Å². The number of nitrogens with zero attached hydrogens (tertiary/aromatic N) is 2. The summed E-state index contributed by atoms with van der Waals surface area (Å²) in [5.74, 6) is -9.87. The molecule has 2 aromatic carbocycles. The second-order valence-corrected chi connectivity index (χ2v) is 19.3. The number of nitrogens with two attached hydrogens (primary N) is 1. The molecule has 0 spiro atoms. The molecule has 0 saturated carbocycles. The minimum absolute atomic E-state index is 0.0441. The summed E-state index contributed by atoms with van der Waals surface area (Å²) in [7, 11) is 0. The van der Waals surface area contributed by atoms with Gasteiger partial charge in [0.25, 0.3) is 0 Å². The number of benzene rings is 2. The van der Waals surface area contributed by atoms with E-state index in [1.165, 1.54) is 56.3 Å². The SMILES string of the molecule is CC[C@H](C)[C@@H]1NC(=O)[C@@H](NC(=O)[C@H](Cc2ccc(O)cc2)NC(C)=O)C/C=C/C[C@@H](C(=O)N[C@@H](Cc2c[nH]c3ccccc23)C(N)=O)NC(=O)[C@H](Cc2cnc[nH]2)NC(=O)[C@H](Cc2cnc[nH]2)NC(=O)[C@H](CCC(=O)O)NC1=O. The van der Waals surface area contributed by atoms with Crippen LogP contribution in [0.1, 0.15) is 75.4 Å². The molecule has 0 unspecified atom stereocenters. The molecule has 0 bridgehead atoms. The van der Waals surface area contributed by atoms with Crippen molar-refractivity contribution in [3.8, 4) is 5.75 Å². The van der Waals surface area contributed by atoms with E-state index in [1.807, 2.05) is 18.2 Å². The number of phenols is 1. The molecule has 4 heterocycles. The monoisotopic (exact) mass is 1090 g/mol. The van der Waals surface area contributed by atoms with Gasteiger partial charge in [0.05, 0.1) is 12.7 Å². The van der Waals surface area contributed by atoms with E-state index in [4.69, 9.17) is 5.73 Å². The Bertz CT molecular complexity index is 2980. The summed E-state index contributed by atoms with van der Waals surface area (Å²) in [5.41, 5.74) is 8.52. The number of phenolic OH excluding ortho intramolecular Hbond substituents is 1. The number of carboxylic acid groups (broad SMARTS) is 1. The number of aromatic amines is 3. The van der Waals surface area contributed by atoms with E-state index >= 15 is 0 Å². The van der Waals surface area contributed by atoms with Gasteiger partial charge in [-0.1, -0.05) is 62.8 Å². The first-order valence-corrected chi connectivity index (χ1v) is 25.6. The Kier molecular flexibility index (Phi) is 21.0. The van der Waals surface area contributed by atoms with Gasteiger partial charge in [0, 0.05) is 79.9 Å². The highest BCUT2D eigenvalue weighted by molar-refractivity contribution is 5.98. The second kappa shape index (κ2) is 28.1. The number of para-hydroxylation sites is 1. The molecule has 3 aromatic heterocycles. The number of aromatic nitrogens is 5. The van der Waals surface area contributed by atoms with Crippen molar-refractivity contribution in [2.24, 2.45) is 11.7 Å². The average molecular weight is 1090 g/mol. The third-order valence-corrected chi connectivity index (χ3v) is 13.3. The topological polar surface area (TPSA) is 407 Å². The molecule has 26 nitrogen and oxygen atoms in total. The van der Waals surface area contributed by atoms with Crippen molar-refractivity contribution in [2.75, 3.05) is 0 Å². The van der Waals surface area contributed by atoms with Crippen LogP contribution in [0, 0.1) is 5.92 Å². The number of hydrogen-bond acceptors (Lipinski definition) is 13. The molecule has 0 fully saturated rings. The number of imidazole rings is 2. The van der Waals surface area contributed by atoms with Gasteiger partial charge in [0.15, 0.2) is 0 Å². The third-order valence-electron chi connectivity index (χ3n) is 13.3. The zero-order valence-corrected chi connectivity index (χ0v) is 43.7. The molecule has 5 aromatic rings. The lowest BCUT2D eigenvalue weighted by Crippen LogP contribution is -2.61. The van der Waals surface area contributed by atoms with Crippen molar-refractivity contribution in [1.82, 2.24) is 67.5 Å². The fourth-order valence-electron chi connectivity index (χ4n) is 8.76. The standard InChI is InChI=1S/C53H66N14O12/c1-4-28(2)45-53(79)63-39(17-18-44(70)71)48(74)65-43(22-33-25-56-27-59-33)52(78)66-42(21-32-24-55-26-58-32)51(77)61-37(47(73)64-40(46(54)72)20-31-23-57-36-10-6-5-9-35(31)36)11-7-8-12-38(49(75)67-45)62-50(76)41(60-29(3)68)19-30-13-15-34(69)16-14-30/h5-10,13-16,23-28,37-43,45,57,69H,4,11-12,17-22H2,1-3H3,(H2,54,72)(H,55,58)(H,56,59)(H,60,68)(H,61,77)(H,62,76)(H,63,79)(H,64,73)(H,65,74)(H,66,78)(H,67,75)(H,70,71)/b8-7+/t28-,37-,38-,39-,40-,41-,42-,43-,45-/m0/s1. The normalized spacial score (nSPS) is 21.3. The molecule has 0 saturated heterocycles. The van der Waals surface area contributed by atoms with Gasteiger partial charge in [-0.3, -0.25) is 47.9 Å². The fraction of sp³-hybridized carbons (Fsp3) is 0.396. The quantitative estimate of drug-likeness (QED) is 0.0452. The zero-order chi connectivity index (χ0) is 57.2. The number of rotatable bonds is 19. The number of aromatic hydroxyl groups is 1. The molecular formula is C53H66N14O12.